The number of nitrogens with zero attached hydrogens (tertiary/aromatic N) is 3. The van der Waals surface area contributed by atoms with E-state index in [1.807, 2.05) is 31.1 Å². The number of cyclic esters (lactones) is 1. The van der Waals surface area contributed by atoms with E-state index in [0.717, 1.165) is 10.9 Å². The van der Waals surface area contributed by atoms with E-state index in [1.165, 1.54) is 0 Å². The van der Waals surface area contributed by atoms with Crippen LogP contribution in [0.1, 0.15) is 35.6 Å². The molecule has 5 rings (SSSR count). The van der Waals surface area contributed by atoms with Gasteiger partial charge >= 0.3 is 5.97 Å². The van der Waals surface area contributed by atoms with E-state index in [4.69, 9.17) is 9.72 Å². The van der Waals surface area contributed by atoms with E-state index in [9.17, 15) is 19.8 Å². The number of hydrogen-bond donors (Lipinski definition) is 2. The number of hydrogen-bond acceptors (Lipinski definition) is 7. The number of phenolic OH excluding ortho intramolecular Hbond substituents is 1. The summed E-state index contributed by atoms with van der Waals surface area (Å²) in [5.41, 5.74) is 1.88. The molecule has 1 aromatic carbocycles. The number of aliphatic hydroxyl groups is 1. The van der Waals surface area contributed by atoms with E-state index in [1.54, 1.807) is 23.6 Å². The largest absolute Gasteiger partial charge is 0.508 e. The molecule has 31 heavy (non-hydrogen) atoms. The van der Waals surface area contributed by atoms with Crippen LogP contribution < -0.4 is 5.56 Å². The molecular formula is C23H23N3O5. The Balaban J connectivity index is 1.78. The summed E-state index contributed by atoms with van der Waals surface area (Å²) in [6.07, 6.45) is 0.0978. The van der Waals surface area contributed by atoms with E-state index in [-0.39, 0.29) is 24.3 Å². The molecule has 0 saturated carbocycles. The van der Waals surface area contributed by atoms with Crippen molar-refractivity contribution in [3.63, 3.8) is 0 Å². The van der Waals surface area contributed by atoms with Crippen LogP contribution in [-0.4, -0.2) is 44.7 Å². The highest BCUT2D eigenvalue weighted by molar-refractivity contribution is 5.89. The minimum absolute atomic E-state index is 0.0978. The third kappa shape index (κ3) is 2.72. The Kier molecular flexibility index (Phi) is 4.22. The predicted octanol–water partition coefficient (Wildman–Crippen LogP) is 1.85. The fourth-order valence-corrected chi connectivity index (χ4v) is 4.57. The molecule has 0 saturated heterocycles. The zero-order valence-electron chi connectivity index (χ0n) is 17.6. The Morgan fingerprint density at radius 1 is 1.26 bits per heavy atom. The lowest BCUT2D eigenvalue weighted by Crippen LogP contribution is -2.44. The first-order chi connectivity index (χ1) is 14.7. The summed E-state index contributed by atoms with van der Waals surface area (Å²) in [5.74, 6) is -0.577. The number of pyridine rings is 2. The van der Waals surface area contributed by atoms with E-state index in [2.05, 4.69) is 0 Å². The van der Waals surface area contributed by atoms with Crippen molar-refractivity contribution in [2.75, 3.05) is 14.1 Å². The minimum Gasteiger partial charge on any atom is -0.508 e. The van der Waals surface area contributed by atoms with Crippen molar-refractivity contribution in [2.45, 2.75) is 38.6 Å². The quantitative estimate of drug-likeness (QED) is 0.487. The second-order valence-corrected chi connectivity index (χ2v) is 8.47. The monoisotopic (exact) mass is 421 g/mol. The van der Waals surface area contributed by atoms with Gasteiger partial charge in [-0.1, -0.05) is 6.92 Å². The third-order valence-electron chi connectivity index (χ3n) is 6.23. The lowest BCUT2D eigenvalue weighted by atomic mass is 9.86. The summed E-state index contributed by atoms with van der Waals surface area (Å²) >= 11 is 0. The Bertz CT molecular complexity index is 1330. The highest BCUT2D eigenvalue weighted by Gasteiger charge is 2.45. The van der Waals surface area contributed by atoms with E-state index >= 15 is 0 Å². The molecular weight excluding hydrogens is 398 g/mol. The molecule has 0 bridgehead atoms. The normalized spacial score (nSPS) is 19.3. The SMILES string of the molecule is CC[C@@]1(O)C(=O)OCc2c1cc1n(c2=O)Cc2cc3ccc(O)c(CN(C)C)c3nc2-1. The minimum atomic E-state index is -1.85. The number of esters is 1. The van der Waals surface area contributed by atoms with Crippen LogP contribution in [0.2, 0.25) is 0 Å². The molecule has 160 valence electrons. The number of ether oxygens (including phenoxy) is 1. The van der Waals surface area contributed by atoms with Gasteiger partial charge in [0.05, 0.1) is 29.0 Å². The van der Waals surface area contributed by atoms with E-state index in [0.29, 0.717) is 46.7 Å². The van der Waals surface area contributed by atoms with Crippen LogP contribution in [0.15, 0.2) is 29.1 Å². The molecule has 2 aliphatic heterocycles. The Morgan fingerprint density at radius 2 is 2.03 bits per heavy atom. The molecule has 0 unspecified atom stereocenters. The fraction of sp³-hybridized carbons (Fsp3) is 0.348. The average Bonchev–Trinajstić information content (AvgIpc) is 3.10. The van der Waals surface area contributed by atoms with Gasteiger partial charge < -0.3 is 24.4 Å². The number of benzene rings is 1. The van der Waals surface area contributed by atoms with Crippen molar-refractivity contribution in [3.8, 4) is 17.1 Å². The van der Waals surface area contributed by atoms with Crippen molar-refractivity contribution in [2.24, 2.45) is 0 Å². The lowest BCUT2D eigenvalue weighted by Gasteiger charge is -2.31. The van der Waals surface area contributed by atoms with Crippen molar-refractivity contribution >= 4 is 16.9 Å². The number of carbonyl (C=O) groups excluding carboxylic acids is 1. The van der Waals surface area contributed by atoms with Gasteiger partial charge in [-0.25, -0.2) is 9.78 Å². The highest BCUT2D eigenvalue weighted by Crippen LogP contribution is 2.39. The Labute approximate surface area is 178 Å². The molecule has 2 aromatic heterocycles. The van der Waals surface area contributed by atoms with Gasteiger partial charge in [0.1, 0.15) is 12.4 Å². The molecule has 8 nitrogen and oxygen atoms in total. The van der Waals surface area contributed by atoms with Crippen LogP contribution >= 0.6 is 0 Å². The highest BCUT2D eigenvalue weighted by atomic mass is 16.6. The van der Waals surface area contributed by atoms with Gasteiger partial charge in [-0.05, 0) is 44.8 Å². The molecule has 0 fully saturated rings. The average molecular weight is 421 g/mol. The number of aromatic nitrogens is 2. The molecule has 2 N–H and O–H groups in total. The van der Waals surface area contributed by atoms with Gasteiger partial charge in [-0.15, -0.1) is 0 Å². The van der Waals surface area contributed by atoms with E-state index < -0.39 is 11.6 Å². The molecule has 0 aliphatic carbocycles. The second kappa shape index (κ2) is 6.63. The number of fused-ring (bicyclic) bond motifs is 5. The van der Waals surface area contributed by atoms with Crippen LogP contribution in [0.5, 0.6) is 5.75 Å². The Morgan fingerprint density at radius 3 is 2.74 bits per heavy atom. The summed E-state index contributed by atoms with van der Waals surface area (Å²) in [6, 6.07) is 7.15. The number of phenols is 1. The van der Waals surface area contributed by atoms with Gasteiger partial charge in [-0.3, -0.25) is 4.79 Å². The topological polar surface area (TPSA) is 105 Å². The summed E-state index contributed by atoms with van der Waals surface area (Å²) in [4.78, 5) is 32.3. The summed E-state index contributed by atoms with van der Waals surface area (Å²) in [5, 5.41) is 22.3. The molecule has 1 atom stereocenters. The second-order valence-electron chi connectivity index (χ2n) is 8.47. The van der Waals surface area contributed by atoms with Gasteiger partial charge in [0.2, 0.25) is 0 Å². The first kappa shape index (κ1) is 19.7. The molecule has 0 amide bonds. The predicted molar refractivity (Wildman–Crippen MR) is 114 cm³/mol. The van der Waals surface area contributed by atoms with Crippen LogP contribution in [0.4, 0.5) is 0 Å². The van der Waals surface area contributed by atoms with Crippen LogP contribution in [-0.2, 0) is 34.8 Å². The summed E-state index contributed by atoms with van der Waals surface area (Å²) < 4.78 is 6.71. The van der Waals surface area contributed by atoms with Crippen LogP contribution in [0, 0.1) is 0 Å². The number of rotatable bonds is 3. The molecule has 4 heterocycles. The molecule has 0 spiro atoms. The Hall–Kier alpha value is -3.23. The maximum absolute atomic E-state index is 13.2. The fourth-order valence-electron chi connectivity index (χ4n) is 4.57. The van der Waals surface area contributed by atoms with Gasteiger partial charge in [-0.2, -0.15) is 0 Å². The zero-order valence-corrected chi connectivity index (χ0v) is 17.6. The van der Waals surface area contributed by atoms with Gasteiger partial charge in [0, 0.05) is 28.6 Å². The van der Waals surface area contributed by atoms with Crippen LogP contribution in [0.25, 0.3) is 22.3 Å². The standard InChI is InChI=1S/C23H23N3O5/c1-4-23(30)16-8-17-20-13(9-26(17)21(28)15(16)11-31-22(23)29)7-12-5-6-18(27)14(10-25(2)3)19(12)24-20/h5-8,27,30H,4,9-11H2,1-3H3/t23-/m0/s1. The molecule has 0 radical (unpaired) electrons. The van der Waals surface area contributed by atoms with Gasteiger partial charge in [0.25, 0.3) is 5.56 Å². The van der Waals surface area contributed by atoms with Crippen molar-refractivity contribution in [1.82, 2.24) is 14.5 Å². The summed E-state index contributed by atoms with van der Waals surface area (Å²) in [7, 11) is 3.83. The van der Waals surface area contributed by atoms with Crippen molar-refractivity contribution in [1.29, 1.82) is 0 Å². The first-order valence-electron chi connectivity index (χ1n) is 10.2. The van der Waals surface area contributed by atoms with Gasteiger partial charge in [0.15, 0.2) is 5.60 Å². The summed E-state index contributed by atoms with van der Waals surface area (Å²) in [6.45, 7) is 2.38. The third-order valence-corrected chi connectivity index (χ3v) is 6.23. The number of carbonyl (C=O) groups is 1. The molecule has 2 aliphatic rings. The smallest absolute Gasteiger partial charge is 0.343 e. The lowest BCUT2D eigenvalue weighted by molar-refractivity contribution is -0.172. The zero-order chi connectivity index (χ0) is 22.1. The molecule has 3 aromatic rings. The number of aromatic hydroxyl groups is 1. The van der Waals surface area contributed by atoms with Crippen molar-refractivity contribution in [3.05, 3.63) is 56.9 Å². The molecule has 8 heteroatoms. The maximum atomic E-state index is 13.2. The first-order valence-corrected chi connectivity index (χ1v) is 10.2. The maximum Gasteiger partial charge on any atom is 0.343 e. The van der Waals surface area contributed by atoms with Crippen molar-refractivity contribution < 1.29 is 19.7 Å². The van der Waals surface area contributed by atoms with Crippen LogP contribution in [0.3, 0.4) is 0 Å².